The second kappa shape index (κ2) is 16.1. The standard InChI is InChI=1S/C31H47N5O6/c1-6-41-30(39)31(12-11-22(2)3)17-24-9-10-25(26(16-24)40-5)42-20-29(38)32-13-15-36(14-7-8-28(37)34-21-31)19-27-33-18-23(4)35-27/h9-10,16,18,22H,6-8,11-15,17,19-21H2,1-5H3,(H,32,38)(H,33,35)(H,34,37). The predicted molar refractivity (Wildman–Crippen MR) is 159 cm³/mol. The van der Waals surface area contributed by atoms with Crippen molar-refractivity contribution in [2.24, 2.45) is 11.3 Å². The molecular weight excluding hydrogens is 538 g/mol. The number of methoxy groups -OCH3 is 1. The van der Waals surface area contributed by atoms with Crippen LogP contribution >= 0.6 is 0 Å². The number of aryl methyl sites for hydroxylation is 1. The monoisotopic (exact) mass is 585 g/mol. The van der Waals surface area contributed by atoms with Crippen LogP contribution in [-0.2, 0) is 32.1 Å². The number of hydrogen-bond donors (Lipinski definition) is 3. The number of aromatic nitrogens is 2. The van der Waals surface area contributed by atoms with Crippen molar-refractivity contribution in [2.75, 3.05) is 46.5 Å². The molecule has 11 heteroatoms. The Labute approximate surface area is 249 Å². The van der Waals surface area contributed by atoms with Crippen LogP contribution in [-0.4, -0.2) is 79.2 Å². The van der Waals surface area contributed by atoms with E-state index in [2.05, 4.69) is 39.3 Å². The number of carbonyl (C=O) groups is 3. The van der Waals surface area contributed by atoms with Crippen molar-refractivity contribution in [1.82, 2.24) is 25.5 Å². The number of nitrogens with zero attached hydrogens (tertiary/aromatic N) is 2. The third-order valence-electron chi connectivity index (χ3n) is 7.42. The highest BCUT2D eigenvalue weighted by Gasteiger charge is 2.40. The van der Waals surface area contributed by atoms with Crippen molar-refractivity contribution in [2.45, 2.75) is 66.3 Å². The summed E-state index contributed by atoms with van der Waals surface area (Å²) in [6.45, 7) is 10.4. The van der Waals surface area contributed by atoms with Gasteiger partial charge in [-0.25, -0.2) is 4.98 Å². The van der Waals surface area contributed by atoms with Crippen LogP contribution in [0.3, 0.4) is 0 Å². The summed E-state index contributed by atoms with van der Waals surface area (Å²) in [5.74, 6) is 1.39. The number of imidazole rings is 1. The van der Waals surface area contributed by atoms with Crippen LogP contribution in [0.1, 0.15) is 63.5 Å². The van der Waals surface area contributed by atoms with Gasteiger partial charge in [0.2, 0.25) is 5.91 Å². The average molecular weight is 586 g/mol. The quantitative estimate of drug-likeness (QED) is 0.318. The molecule has 1 unspecified atom stereocenters. The Kier molecular flexibility index (Phi) is 12.7. The molecule has 1 aromatic heterocycles. The number of benzene rings is 1. The number of nitrogens with one attached hydrogen (secondary N) is 3. The Bertz CT molecular complexity index is 1180. The van der Waals surface area contributed by atoms with E-state index in [9.17, 15) is 14.4 Å². The average Bonchev–Trinajstić information content (AvgIpc) is 3.37. The molecule has 1 aromatic carbocycles. The van der Waals surface area contributed by atoms with Crippen LogP contribution < -0.4 is 20.1 Å². The fourth-order valence-electron chi connectivity index (χ4n) is 5.06. The number of hydrogen-bond acceptors (Lipinski definition) is 8. The molecule has 4 rings (SSSR count). The van der Waals surface area contributed by atoms with Crippen LogP contribution in [0.4, 0.5) is 0 Å². The molecule has 0 aliphatic carbocycles. The van der Waals surface area contributed by atoms with Crippen molar-refractivity contribution >= 4 is 17.8 Å². The van der Waals surface area contributed by atoms with Gasteiger partial charge < -0.3 is 29.8 Å². The molecule has 232 valence electrons. The van der Waals surface area contributed by atoms with Crippen LogP contribution in [0.5, 0.6) is 11.5 Å². The van der Waals surface area contributed by atoms with Gasteiger partial charge in [0, 0.05) is 37.9 Å². The molecule has 42 heavy (non-hydrogen) atoms. The Balaban J connectivity index is 1.88. The van der Waals surface area contributed by atoms with Gasteiger partial charge in [-0.05, 0) is 69.7 Å². The van der Waals surface area contributed by atoms with Gasteiger partial charge in [0.1, 0.15) is 5.82 Å². The van der Waals surface area contributed by atoms with Crippen molar-refractivity contribution in [3.63, 3.8) is 0 Å². The predicted octanol–water partition coefficient (Wildman–Crippen LogP) is 3.16. The Morgan fingerprint density at radius 1 is 1.19 bits per heavy atom. The van der Waals surface area contributed by atoms with Crippen LogP contribution in [0.2, 0.25) is 0 Å². The molecule has 3 heterocycles. The molecule has 0 saturated heterocycles. The van der Waals surface area contributed by atoms with E-state index < -0.39 is 5.41 Å². The van der Waals surface area contributed by atoms with Crippen molar-refractivity contribution in [3.8, 4) is 11.5 Å². The van der Waals surface area contributed by atoms with Gasteiger partial charge in [0.25, 0.3) is 5.91 Å². The summed E-state index contributed by atoms with van der Waals surface area (Å²) < 4.78 is 17.0. The summed E-state index contributed by atoms with van der Waals surface area (Å²) in [6.07, 6.45) is 4.40. The van der Waals surface area contributed by atoms with E-state index in [0.717, 1.165) is 23.5 Å². The largest absolute Gasteiger partial charge is 0.493 e. The molecule has 0 fully saturated rings. The summed E-state index contributed by atoms with van der Waals surface area (Å²) in [5, 5.41) is 5.96. The van der Waals surface area contributed by atoms with Crippen molar-refractivity contribution in [3.05, 3.63) is 41.5 Å². The normalized spacial score (nSPS) is 19.7. The lowest BCUT2D eigenvalue weighted by atomic mass is 9.76. The number of H-pyrrole nitrogens is 1. The maximum Gasteiger partial charge on any atom is 0.314 e. The maximum absolute atomic E-state index is 13.5. The van der Waals surface area contributed by atoms with E-state index in [4.69, 9.17) is 14.2 Å². The smallest absolute Gasteiger partial charge is 0.314 e. The Morgan fingerprint density at radius 2 is 2.00 bits per heavy atom. The first kappa shape index (κ1) is 32.9. The molecule has 2 aliphatic rings. The minimum absolute atomic E-state index is 0.116. The Morgan fingerprint density at radius 3 is 2.69 bits per heavy atom. The molecule has 2 aliphatic heterocycles. The molecular formula is C31H47N5O6. The third-order valence-corrected chi connectivity index (χ3v) is 7.42. The van der Waals surface area contributed by atoms with Gasteiger partial charge in [-0.3, -0.25) is 19.3 Å². The number of amides is 2. The van der Waals surface area contributed by atoms with Gasteiger partial charge in [-0.1, -0.05) is 19.9 Å². The highest BCUT2D eigenvalue weighted by molar-refractivity contribution is 5.80. The van der Waals surface area contributed by atoms with E-state index in [-0.39, 0.29) is 37.5 Å². The molecule has 2 aromatic rings. The van der Waals surface area contributed by atoms with Crippen LogP contribution in [0.25, 0.3) is 0 Å². The zero-order chi connectivity index (χ0) is 30.5. The molecule has 2 amide bonds. The molecule has 1 atom stereocenters. The molecule has 3 N–H and O–H groups in total. The zero-order valence-corrected chi connectivity index (χ0v) is 25.7. The number of esters is 1. The summed E-state index contributed by atoms with van der Waals surface area (Å²) in [6, 6.07) is 5.43. The first-order valence-electron chi connectivity index (χ1n) is 14.9. The van der Waals surface area contributed by atoms with Crippen LogP contribution in [0.15, 0.2) is 24.4 Å². The lowest BCUT2D eigenvalue weighted by Gasteiger charge is -2.33. The zero-order valence-electron chi connectivity index (χ0n) is 25.7. The second-order valence-corrected chi connectivity index (χ2v) is 11.4. The fourth-order valence-corrected chi connectivity index (χ4v) is 5.06. The summed E-state index contributed by atoms with van der Waals surface area (Å²) in [4.78, 5) is 49.0. The SMILES string of the molecule is CCOC(=O)C1(CCC(C)C)CNC(=O)CCCN(Cc2ncc(C)[nH]2)CCNC(=O)COc2ccc(cc2OC)C1. The second-order valence-electron chi connectivity index (χ2n) is 11.4. The number of aromatic amines is 1. The van der Waals surface area contributed by atoms with E-state index in [1.165, 1.54) is 7.11 Å². The number of fused-ring (bicyclic) bond motifs is 16. The first-order valence-corrected chi connectivity index (χ1v) is 14.9. The van der Waals surface area contributed by atoms with E-state index in [0.29, 0.717) is 69.3 Å². The van der Waals surface area contributed by atoms with Crippen LogP contribution in [0, 0.1) is 18.3 Å². The lowest BCUT2D eigenvalue weighted by molar-refractivity contribution is -0.156. The molecule has 0 saturated carbocycles. The summed E-state index contributed by atoms with van der Waals surface area (Å²) >= 11 is 0. The molecule has 0 radical (unpaired) electrons. The van der Waals surface area contributed by atoms with Crippen molar-refractivity contribution < 1.29 is 28.6 Å². The molecule has 2 bridgehead atoms. The first-order chi connectivity index (χ1) is 20.1. The van der Waals surface area contributed by atoms with E-state index in [1.54, 1.807) is 19.2 Å². The van der Waals surface area contributed by atoms with Gasteiger partial charge >= 0.3 is 5.97 Å². The molecule has 11 nitrogen and oxygen atoms in total. The number of ether oxygens (including phenoxy) is 3. The maximum atomic E-state index is 13.5. The van der Waals surface area contributed by atoms with E-state index >= 15 is 0 Å². The highest BCUT2D eigenvalue weighted by Crippen LogP contribution is 2.35. The van der Waals surface area contributed by atoms with Gasteiger partial charge in [-0.2, -0.15) is 0 Å². The molecule has 0 spiro atoms. The lowest BCUT2D eigenvalue weighted by Crippen LogP contribution is -2.46. The third kappa shape index (κ3) is 10.0. The fraction of sp³-hybridized carbons (Fsp3) is 0.613. The summed E-state index contributed by atoms with van der Waals surface area (Å²) in [5.41, 5.74) is 0.865. The van der Waals surface area contributed by atoms with Crippen molar-refractivity contribution in [1.29, 1.82) is 0 Å². The number of rotatable bonds is 8. The highest BCUT2D eigenvalue weighted by atomic mass is 16.5. The summed E-state index contributed by atoms with van der Waals surface area (Å²) in [7, 11) is 1.54. The topological polar surface area (TPSA) is 135 Å². The van der Waals surface area contributed by atoms with Gasteiger partial charge in [0.05, 0.1) is 25.7 Å². The minimum Gasteiger partial charge on any atom is -0.493 e. The van der Waals surface area contributed by atoms with E-state index in [1.807, 2.05) is 19.1 Å². The minimum atomic E-state index is -0.949. The van der Waals surface area contributed by atoms with Gasteiger partial charge in [-0.15, -0.1) is 0 Å². The number of carbonyl (C=O) groups excluding carboxylic acids is 3. The Hall–Kier alpha value is -3.60. The van der Waals surface area contributed by atoms with Gasteiger partial charge in [0.15, 0.2) is 18.1 Å².